The zero-order valence-electron chi connectivity index (χ0n) is 8.89. The van der Waals surface area contributed by atoms with Gasteiger partial charge in [-0.15, -0.1) is 23.2 Å². The van der Waals surface area contributed by atoms with Crippen molar-refractivity contribution in [3.63, 3.8) is 0 Å². The van der Waals surface area contributed by atoms with E-state index in [1.807, 2.05) is 18.7 Å². The summed E-state index contributed by atoms with van der Waals surface area (Å²) in [6, 6.07) is 0. The van der Waals surface area contributed by atoms with Gasteiger partial charge in [-0.1, -0.05) is 13.8 Å². The van der Waals surface area contributed by atoms with Crippen LogP contribution >= 0.6 is 35.0 Å². The van der Waals surface area contributed by atoms with Crippen molar-refractivity contribution in [2.24, 2.45) is 5.92 Å². The van der Waals surface area contributed by atoms with Gasteiger partial charge in [0.1, 0.15) is 0 Å². The number of thioether (sulfide) groups is 1. The fraction of sp³-hybridized carbons (Fsp3) is 1.00. The molecule has 0 aliphatic rings. The van der Waals surface area contributed by atoms with Crippen LogP contribution in [0.25, 0.3) is 0 Å². The first-order chi connectivity index (χ1) is 5.95. The summed E-state index contributed by atoms with van der Waals surface area (Å²) in [6.45, 7) is 8.49. The van der Waals surface area contributed by atoms with E-state index in [1.54, 1.807) is 0 Å². The summed E-state index contributed by atoms with van der Waals surface area (Å²) in [5, 5.41) is 1.08. The summed E-state index contributed by atoms with van der Waals surface area (Å²) in [5.74, 6) is 1.77. The molecule has 0 bridgehead atoms. The average Bonchev–Trinajstić information content (AvgIpc) is 2.03. The molecule has 0 radical (unpaired) electrons. The minimum Gasteiger partial charge on any atom is -0.157 e. The van der Waals surface area contributed by atoms with Gasteiger partial charge in [0.25, 0.3) is 0 Å². The number of hydrogen-bond donors (Lipinski definition) is 0. The Balaban J connectivity index is 3.45. The Labute approximate surface area is 96.8 Å². The molecule has 0 aromatic heterocycles. The summed E-state index contributed by atoms with van der Waals surface area (Å²) in [5.41, 5.74) is 0. The van der Waals surface area contributed by atoms with Crippen molar-refractivity contribution in [2.75, 3.05) is 5.75 Å². The second kappa shape index (κ2) is 7.25. The lowest BCUT2D eigenvalue weighted by atomic mass is 10.1. The molecule has 4 unspecified atom stereocenters. The standard InChI is InChI=1S/C10H20Cl2S/c1-7(8(2)11)5-6-13-10(4)9(3)12/h7-10H,5-6H2,1-4H3. The van der Waals surface area contributed by atoms with Gasteiger partial charge in [0.2, 0.25) is 0 Å². The van der Waals surface area contributed by atoms with E-state index in [0.717, 1.165) is 5.75 Å². The molecule has 0 saturated carbocycles. The molecule has 0 spiro atoms. The van der Waals surface area contributed by atoms with Crippen LogP contribution < -0.4 is 0 Å². The summed E-state index contributed by atoms with van der Waals surface area (Å²) >= 11 is 13.9. The molecule has 0 fully saturated rings. The Morgan fingerprint density at radius 2 is 1.54 bits per heavy atom. The minimum atomic E-state index is 0.258. The Morgan fingerprint density at radius 1 is 1.00 bits per heavy atom. The lowest BCUT2D eigenvalue weighted by molar-refractivity contribution is 0.556. The molecule has 0 heterocycles. The van der Waals surface area contributed by atoms with Crippen molar-refractivity contribution in [1.82, 2.24) is 0 Å². The zero-order valence-corrected chi connectivity index (χ0v) is 11.2. The molecule has 3 heteroatoms. The molecule has 0 rings (SSSR count). The van der Waals surface area contributed by atoms with Crippen molar-refractivity contribution in [1.29, 1.82) is 0 Å². The van der Waals surface area contributed by atoms with E-state index in [-0.39, 0.29) is 10.8 Å². The van der Waals surface area contributed by atoms with Gasteiger partial charge in [-0.2, -0.15) is 11.8 Å². The van der Waals surface area contributed by atoms with Crippen LogP contribution in [0.15, 0.2) is 0 Å². The van der Waals surface area contributed by atoms with Gasteiger partial charge in [-0.3, -0.25) is 0 Å². The Kier molecular flexibility index (Phi) is 7.77. The molecule has 0 saturated heterocycles. The summed E-state index contributed by atoms with van der Waals surface area (Å²) in [6.07, 6.45) is 1.18. The van der Waals surface area contributed by atoms with Gasteiger partial charge >= 0.3 is 0 Å². The van der Waals surface area contributed by atoms with Crippen LogP contribution in [0.4, 0.5) is 0 Å². The fourth-order valence-corrected chi connectivity index (χ4v) is 2.29. The highest BCUT2D eigenvalue weighted by atomic mass is 35.5. The maximum absolute atomic E-state index is 5.97. The molecule has 0 aromatic carbocycles. The van der Waals surface area contributed by atoms with Gasteiger partial charge in [-0.25, -0.2) is 0 Å². The van der Waals surface area contributed by atoms with Crippen LogP contribution in [0.1, 0.15) is 34.1 Å². The smallest absolute Gasteiger partial charge is 0.0423 e. The average molecular weight is 243 g/mol. The second-order valence-electron chi connectivity index (χ2n) is 3.70. The molecule has 0 aliphatic carbocycles. The van der Waals surface area contributed by atoms with Crippen LogP contribution in [0, 0.1) is 5.92 Å². The second-order valence-corrected chi connectivity index (χ2v) is 6.56. The predicted molar refractivity (Wildman–Crippen MR) is 66.3 cm³/mol. The van der Waals surface area contributed by atoms with Crippen molar-refractivity contribution >= 4 is 35.0 Å². The molecule has 13 heavy (non-hydrogen) atoms. The number of rotatable bonds is 6. The first kappa shape index (κ1) is 13.9. The molecule has 0 aromatic rings. The molecular weight excluding hydrogens is 223 g/mol. The maximum atomic E-state index is 5.97. The van der Waals surface area contributed by atoms with E-state index in [9.17, 15) is 0 Å². The molecule has 4 atom stereocenters. The van der Waals surface area contributed by atoms with Gasteiger partial charge < -0.3 is 0 Å². The Hall–Kier alpha value is 0.930. The summed E-state index contributed by atoms with van der Waals surface area (Å²) in [4.78, 5) is 0. The minimum absolute atomic E-state index is 0.258. The summed E-state index contributed by atoms with van der Waals surface area (Å²) in [7, 11) is 0. The zero-order chi connectivity index (χ0) is 10.4. The third kappa shape index (κ3) is 6.93. The molecule has 80 valence electrons. The van der Waals surface area contributed by atoms with Crippen molar-refractivity contribution in [2.45, 2.75) is 50.1 Å². The van der Waals surface area contributed by atoms with E-state index < -0.39 is 0 Å². The largest absolute Gasteiger partial charge is 0.157 e. The van der Waals surface area contributed by atoms with Gasteiger partial charge in [0, 0.05) is 16.0 Å². The van der Waals surface area contributed by atoms with Gasteiger partial charge in [0.15, 0.2) is 0 Å². The van der Waals surface area contributed by atoms with E-state index in [2.05, 4.69) is 20.8 Å². The molecular formula is C10H20Cl2S. The highest BCUT2D eigenvalue weighted by Crippen LogP contribution is 2.22. The highest BCUT2D eigenvalue weighted by molar-refractivity contribution is 7.99. The van der Waals surface area contributed by atoms with Crippen molar-refractivity contribution < 1.29 is 0 Å². The lowest BCUT2D eigenvalue weighted by Crippen LogP contribution is -2.12. The molecule has 0 amide bonds. The molecule has 0 nitrogen and oxygen atoms in total. The Bertz CT molecular complexity index is 112. The van der Waals surface area contributed by atoms with Crippen LogP contribution in [0.5, 0.6) is 0 Å². The quantitative estimate of drug-likeness (QED) is 0.623. The normalized spacial score (nSPS) is 20.8. The fourth-order valence-electron chi connectivity index (χ4n) is 0.802. The summed E-state index contributed by atoms with van der Waals surface area (Å²) < 4.78 is 0. The lowest BCUT2D eigenvalue weighted by Gasteiger charge is -2.16. The van der Waals surface area contributed by atoms with E-state index in [1.165, 1.54) is 6.42 Å². The van der Waals surface area contributed by atoms with Crippen LogP contribution in [-0.2, 0) is 0 Å². The highest BCUT2D eigenvalue weighted by Gasteiger charge is 2.12. The van der Waals surface area contributed by atoms with Gasteiger partial charge in [-0.05, 0) is 31.9 Å². The third-order valence-corrected chi connectivity index (χ3v) is 4.75. The van der Waals surface area contributed by atoms with Crippen molar-refractivity contribution in [3.8, 4) is 0 Å². The van der Waals surface area contributed by atoms with E-state index in [0.29, 0.717) is 11.2 Å². The van der Waals surface area contributed by atoms with Crippen LogP contribution in [0.3, 0.4) is 0 Å². The van der Waals surface area contributed by atoms with Crippen LogP contribution in [-0.4, -0.2) is 21.8 Å². The van der Waals surface area contributed by atoms with E-state index in [4.69, 9.17) is 23.2 Å². The first-order valence-corrected chi connectivity index (χ1v) is 6.77. The number of alkyl halides is 2. The number of halogens is 2. The third-order valence-electron chi connectivity index (χ3n) is 2.38. The Morgan fingerprint density at radius 3 is 1.92 bits per heavy atom. The first-order valence-electron chi connectivity index (χ1n) is 4.85. The van der Waals surface area contributed by atoms with Crippen molar-refractivity contribution in [3.05, 3.63) is 0 Å². The SMILES string of the molecule is CC(Cl)C(C)CCSC(C)C(C)Cl. The molecule has 0 N–H and O–H groups in total. The maximum Gasteiger partial charge on any atom is 0.0423 e. The van der Waals surface area contributed by atoms with Gasteiger partial charge in [0.05, 0.1) is 0 Å². The van der Waals surface area contributed by atoms with E-state index >= 15 is 0 Å². The topological polar surface area (TPSA) is 0 Å². The predicted octanol–water partition coefficient (Wildman–Crippen LogP) is 4.39. The monoisotopic (exact) mass is 242 g/mol. The van der Waals surface area contributed by atoms with Crippen LogP contribution in [0.2, 0.25) is 0 Å². The number of hydrogen-bond acceptors (Lipinski definition) is 1. The molecule has 0 aliphatic heterocycles.